The molecule has 0 aliphatic heterocycles. The lowest BCUT2D eigenvalue weighted by Crippen LogP contribution is -1.97. The number of halogens is 2. The molecule has 36 heavy (non-hydrogen) atoms. The van der Waals surface area contributed by atoms with Gasteiger partial charge in [-0.25, -0.2) is 9.67 Å². The molecule has 0 spiro atoms. The van der Waals surface area contributed by atoms with Crippen LogP contribution in [0, 0.1) is 19.1 Å². The van der Waals surface area contributed by atoms with Gasteiger partial charge in [0.05, 0.1) is 11.4 Å². The summed E-state index contributed by atoms with van der Waals surface area (Å²) in [6.45, 7) is 2.38. The van der Waals surface area contributed by atoms with Crippen LogP contribution in [-0.4, -0.2) is 16.0 Å². The van der Waals surface area contributed by atoms with E-state index in [4.69, 9.17) is 38.0 Å². The average molecular weight is 510 g/mol. The summed E-state index contributed by atoms with van der Waals surface area (Å²) in [7, 11) is 0. The van der Waals surface area contributed by atoms with Gasteiger partial charge in [-0.1, -0.05) is 89.4 Å². The van der Waals surface area contributed by atoms with Crippen molar-refractivity contribution in [1.82, 2.24) is 9.78 Å². The van der Waals surface area contributed by atoms with Crippen LogP contribution in [0.4, 0.5) is 5.82 Å². The molecule has 0 aliphatic rings. The van der Waals surface area contributed by atoms with Crippen LogP contribution in [-0.2, 0) is 6.61 Å². The molecule has 0 atom stereocenters. The topological polar surface area (TPSA) is 39.4 Å². The lowest BCUT2D eigenvalue weighted by molar-refractivity contribution is 0.306. The maximum Gasteiger partial charge on any atom is 0.156 e. The Kier molecular flexibility index (Phi) is 7.04. The second-order valence-corrected chi connectivity index (χ2v) is 9.04. The number of hydrogen-bond acceptors (Lipinski definition) is 3. The number of hydrogen-bond donors (Lipinski definition) is 0. The van der Waals surface area contributed by atoms with E-state index in [0.29, 0.717) is 28.2 Å². The molecule has 0 aliphatic carbocycles. The van der Waals surface area contributed by atoms with Crippen molar-refractivity contribution < 1.29 is 4.74 Å². The van der Waals surface area contributed by atoms with Gasteiger partial charge in [-0.3, -0.25) is 0 Å². The van der Waals surface area contributed by atoms with E-state index in [2.05, 4.69) is 43.3 Å². The van der Waals surface area contributed by atoms with E-state index in [1.165, 1.54) is 5.56 Å². The molecule has 0 saturated heterocycles. The highest BCUT2D eigenvalue weighted by molar-refractivity contribution is 6.35. The van der Waals surface area contributed by atoms with Crippen molar-refractivity contribution in [3.8, 4) is 22.7 Å². The number of aryl methyl sites for hydroxylation is 1. The Morgan fingerprint density at radius 2 is 1.78 bits per heavy atom. The number of ether oxygens (including phenoxy) is 1. The second kappa shape index (κ2) is 10.7. The fourth-order valence-corrected chi connectivity index (χ4v) is 4.06. The molecule has 0 radical (unpaired) electrons. The molecular formula is C30H21Cl2N3O. The molecular weight excluding hydrogens is 489 g/mol. The molecule has 0 bridgehead atoms. The van der Waals surface area contributed by atoms with Gasteiger partial charge in [-0.15, -0.1) is 0 Å². The fourth-order valence-electron chi connectivity index (χ4n) is 3.60. The molecule has 0 unspecified atom stereocenters. The fraction of sp³-hybridized carbons (Fsp3) is 0.0667. The zero-order valence-electron chi connectivity index (χ0n) is 19.5. The van der Waals surface area contributed by atoms with Crippen LogP contribution in [0.2, 0.25) is 10.0 Å². The number of rotatable bonds is 7. The lowest BCUT2D eigenvalue weighted by Gasteiger charge is -2.07. The van der Waals surface area contributed by atoms with Gasteiger partial charge >= 0.3 is 0 Å². The number of aromatic nitrogens is 2. The summed E-state index contributed by atoms with van der Waals surface area (Å²) < 4.78 is 7.74. The quantitative estimate of drug-likeness (QED) is 0.208. The van der Waals surface area contributed by atoms with Crippen molar-refractivity contribution in [1.29, 1.82) is 0 Å². The number of benzene rings is 3. The van der Waals surface area contributed by atoms with Crippen LogP contribution in [0.1, 0.15) is 16.7 Å². The van der Waals surface area contributed by atoms with E-state index in [1.807, 2.05) is 53.2 Å². The van der Waals surface area contributed by atoms with Crippen molar-refractivity contribution in [2.45, 2.75) is 13.5 Å². The molecule has 5 rings (SSSR count). The summed E-state index contributed by atoms with van der Waals surface area (Å²) >= 11 is 12.2. The molecule has 176 valence electrons. The summed E-state index contributed by atoms with van der Waals surface area (Å²) in [4.78, 5) is 4.73. The Labute approximate surface area is 220 Å². The smallest absolute Gasteiger partial charge is 0.156 e. The Morgan fingerprint density at radius 3 is 2.56 bits per heavy atom. The van der Waals surface area contributed by atoms with E-state index < -0.39 is 0 Å². The highest BCUT2D eigenvalue weighted by Gasteiger charge is 2.11. The van der Waals surface area contributed by atoms with Gasteiger partial charge in [0.25, 0.3) is 0 Å². The highest BCUT2D eigenvalue weighted by Crippen LogP contribution is 2.27. The molecule has 0 fully saturated rings. The molecule has 5 aromatic rings. The maximum absolute atomic E-state index is 6.26. The minimum Gasteiger partial charge on any atom is -0.488 e. The molecule has 4 nitrogen and oxygen atoms in total. The number of aliphatic imine (C=N–C) groups is 1. The largest absolute Gasteiger partial charge is 0.488 e. The van der Waals surface area contributed by atoms with Gasteiger partial charge in [0.1, 0.15) is 12.4 Å². The SMILES string of the molecule is Cc1ccc(-c2cc(N=Cc3c#ccc(OCc4ccc(Cl)cc4Cl)c3)n(-c3ccccc3)n2)cc1. The summed E-state index contributed by atoms with van der Waals surface area (Å²) in [6.07, 6.45) is 1.73. The molecule has 1 aromatic heterocycles. The van der Waals surface area contributed by atoms with Crippen LogP contribution in [0.25, 0.3) is 16.9 Å². The number of para-hydroxylation sites is 1. The van der Waals surface area contributed by atoms with Crippen molar-refractivity contribution in [2.75, 3.05) is 0 Å². The Hall–Kier alpha value is -4.04. The summed E-state index contributed by atoms with van der Waals surface area (Å²) in [5.41, 5.74) is 5.58. The van der Waals surface area contributed by atoms with Crippen LogP contribution >= 0.6 is 23.2 Å². The molecule has 0 N–H and O–H groups in total. The lowest BCUT2D eigenvalue weighted by atomic mass is 10.1. The van der Waals surface area contributed by atoms with E-state index >= 15 is 0 Å². The normalized spacial score (nSPS) is 11.0. The molecule has 0 amide bonds. The highest BCUT2D eigenvalue weighted by atomic mass is 35.5. The Balaban J connectivity index is 1.40. The minimum atomic E-state index is 0.311. The van der Waals surface area contributed by atoms with Crippen LogP contribution < -0.4 is 4.74 Å². The van der Waals surface area contributed by atoms with E-state index in [-0.39, 0.29) is 0 Å². The predicted molar refractivity (Wildman–Crippen MR) is 146 cm³/mol. The van der Waals surface area contributed by atoms with Gasteiger partial charge in [0, 0.05) is 45.1 Å². The summed E-state index contributed by atoms with van der Waals surface area (Å²) in [5.74, 6) is 1.34. The summed E-state index contributed by atoms with van der Waals surface area (Å²) in [5, 5.41) is 5.98. The van der Waals surface area contributed by atoms with Gasteiger partial charge in [0.2, 0.25) is 0 Å². The first kappa shape index (κ1) is 23.7. The second-order valence-electron chi connectivity index (χ2n) is 8.20. The van der Waals surface area contributed by atoms with Crippen molar-refractivity contribution >= 4 is 35.2 Å². The zero-order valence-corrected chi connectivity index (χ0v) is 21.0. The van der Waals surface area contributed by atoms with Gasteiger partial charge in [0.15, 0.2) is 5.82 Å². The predicted octanol–water partition coefficient (Wildman–Crippen LogP) is 8.08. The van der Waals surface area contributed by atoms with Crippen LogP contribution in [0.15, 0.2) is 96.0 Å². The van der Waals surface area contributed by atoms with Crippen LogP contribution in [0.5, 0.6) is 5.75 Å². The molecule has 0 saturated carbocycles. The maximum atomic E-state index is 6.26. The third-order valence-electron chi connectivity index (χ3n) is 5.51. The molecule has 6 heteroatoms. The monoisotopic (exact) mass is 509 g/mol. The summed E-state index contributed by atoms with van der Waals surface area (Å²) in [6, 6.07) is 35.2. The molecule has 4 aromatic carbocycles. The van der Waals surface area contributed by atoms with Crippen LogP contribution in [0.3, 0.4) is 0 Å². The van der Waals surface area contributed by atoms with E-state index in [0.717, 1.165) is 28.1 Å². The first-order chi connectivity index (χ1) is 17.5. The first-order valence-electron chi connectivity index (χ1n) is 11.3. The zero-order chi connectivity index (χ0) is 24.9. The van der Waals surface area contributed by atoms with Crippen molar-refractivity contribution in [2.24, 2.45) is 4.99 Å². The van der Waals surface area contributed by atoms with Crippen molar-refractivity contribution in [3.63, 3.8) is 0 Å². The van der Waals surface area contributed by atoms with Gasteiger partial charge < -0.3 is 4.74 Å². The van der Waals surface area contributed by atoms with Gasteiger partial charge in [-0.2, -0.15) is 5.10 Å². The minimum absolute atomic E-state index is 0.311. The van der Waals surface area contributed by atoms with Gasteiger partial charge in [-0.05, 0) is 37.3 Å². The van der Waals surface area contributed by atoms with Crippen molar-refractivity contribution in [3.05, 3.63) is 130 Å². The molecule has 1 heterocycles. The third-order valence-corrected chi connectivity index (χ3v) is 6.10. The Bertz CT molecular complexity index is 1510. The number of nitrogens with zero attached hydrogens (tertiary/aromatic N) is 3. The Morgan fingerprint density at radius 1 is 0.972 bits per heavy atom. The average Bonchev–Trinajstić information content (AvgIpc) is 3.32. The standard InChI is InChI=1S/C30H21Cl2N3O/c1-21-10-12-23(13-11-21)29-18-30(35(34-29)26-7-3-2-4-8-26)33-19-22-6-5-9-27(16-22)36-20-24-14-15-25(31)17-28(24)32/h2-4,7-19H,20H2,1H3. The van der Waals surface area contributed by atoms with E-state index in [9.17, 15) is 0 Å². The third kappa shape index (κ3) is 5.60. The first-order valence-corrected chi connectivity index (χ1v) is 12.1. The van der Waals surface area contributed by atoms with E-state index in [1.54, 1.807) is 24.4 Å².